The highest BCUT2D eigenvalue weighted by atomic mass is 35.5. The molecular formula is C21H21ClN2O2S. The van der Waals surface area contributed by atoms with Gasteiger partial charge in [-0.1, -0.05) is 36.6 Å². The third kappa shape index (κ3) is 4.14. The van der Waals surface area contributed by atoms with Crippen LogP contribution in [0.5, 0.6) is 0 Å². The summed E-state index contributed by atoms with van der Waals surface area (Å²) >= 11 is 7.61. The van der Waals surface area contributed by atoms with E-state index in [0.717, 1.165) is 29.0 Å². The van der Waals surface area contributed by atoms with Crippen molar-refractivity contribution in [2.24, 2.45) is 0 Å². The van der Waals surface area contributed by atoms with Crippen LogP contribution in [0, 0.1) is 0 Å². The molecule has 0 aromatic heterocycles. The molecule has 4 nitrogen and oxygen atoms in total. The first-order valence-corrected chi connectivity index (χ1v) is 10.6. The van der Waals surface area contributed by atoms with Crippen LogP contribution in [0.4, 0.5) is 5.69 Å². The van der Waals surface area contributed by atoms with Crippen LogP contribution in [0.25, 0.3) is 0 Å². The van der Waals surface area contributed by atoms with Crippen molar-refractivity contribution in [3.63, 3.8) is 0 Å². The Morgan fingerprint density at radius 2 is 2.00 bits per heavy atom. The molecule has 1 saturated carbocycles. The van der Waals surface area contributed by atoms with Crippen LogP contribution in [0.1, 0.15) is 41.6 Å². The highest BCUT2D eigenvalue weighted by Gasteiger charge is 2.26. The Balaban J connectivity index is 1.59. The lowest BCUT2D eigenvalue weighted by molar-refractivity contribution is -0.116. The zero-order valence-electron chi connectivity index (χ0n) is 14.9. The zero-order chi connectivity index (χ0) is 18.8. The van der Waals surface area contributed by atoms with Crippen LogP contribution >= 0.6 is 23.4 Å². The summed E-state index contributed by atoms with van der Waals surface area (Å²) in [7, 11) is 0. The quantitative estimate of drug-likeness (QED) is 0.812. The fraction of sp³-hybridized carbons (Fsp3) is 0.333. The molecule has 1 heterocycles. The smallest absolute Gasteiger partial charge is 0.251 e. The monoisotopic (exact) mass is 400 g/mol. The van der Waals surface area contributed by atoms with E-state index >= 15 is 0 Å². The van der Waals surface area contributed by atoms with Crippen LogP contribution in [0.3, 0.4) is 0 Å². The van der Waals surface area contributed by atoms with Gasteiger partial charge in [-0.25, -0.2) is 0 Å². The molecule has 4 rings (SSSR count). The molecule has 140 valence electrons. The Morgan fingerprint density at radius 1 is 1.19 bits per heavy atom. The second-order valence-corrected chi connectivity index (χ2v) is 8.49. The number of thioether (sulfide) groups is 1. The largest absolute Gasteiger partial charge is 0.349 e. The summed E-state index contributed by atoms with van der Waals surface area (Å²) in [4.78, 5) is 28.0. The standard InChI is InChI=1S/C21H21ClN2O2S/c22-16-5-3-4-14(10-16)12-24-18-11-15(8-9-19(18)27-13-20(24)25)21(26)23-17-6-1-2-7-17/h3-5,8-11,17H,1-2,6-7,12-13H2,(H,23,26). The van der Waals surface area contributed by atoms with Crippen molar-refractivity contribution in [1.82, 2.24) is 5.32 Å². The number of benzene rings is 2. The number of carbonyl (C=O) groups is 2. The van der Waals surface area contributed by atoms with Crippen LogP contribution in [-0.4, -0.2) is 23.6 Å². The predicted molar refractivity (Wildman–Crippen MR) is 110 cm³/mol. The molecule has 2 aromatic carbocycles. The topological polar surface area (TPSA) is 49.4 Å². The lowest BCUT2D eigenvalue weighted by Crippen LogP contribution is -2.36. The molecule has 0 unspecified atom stereocenters. The molecule has 1 aliphatic heterocycles. The molecule has 1 N–H and O–H groups in total. The average molecular weight is 401 g/mol. The molecule has 0 saturated heterocycles. The number of carbonyl (C=O) groups excluding carboxylic acids is 2. The molecule has 0 radical (unpaired) electrons. The minimum Gasteiger partial charge on any atom is -0.349 e. The molecular weight excluding hydrogens is 380 g/mol. The van der Waals surface area contributed by atoms with Crippen molar-refractivity contribution in [2.75, 3.05) is 10.7 Å². The summed E-state index contributed by atoms with van der Waals surface area (Å²) in [5, 5.41) is 3.77. The lowest BCUT2D eigenvalue weighted by Gasteiger charge is -2.29. The summed E-state index contributed by atoms with van der Waals surface area (Å²) in [5.41, 5.74) is 2.37. The molecule has 2 aliphatic rings. The number of halogens is 1. The molecule has 0 atom stereocenters. The van der Waals surface area contributed by atoms with E-state index in [4.69, 9.17) is 11.6 Å². The minimum atomic E-state index is -0.0598. The van der Waals surface area contributed by atoms with Crippen molar-refractivity contribution in [2.45, 2.75) is 43.2 Å². The SMILES string of the molecule is O=C(NC1CCCC1)c1ccc2c(c1)N(Cc1cccc(Cl)c1)C(=O)CS2. The van der Waals surface area contributed by atoms with Gasteiger partial charge in [-0.05, 0) is 48.7 Å². The number of rotatable bonds is 4. The number of amides is 2. The molecule has 1 fully saturated rings. The van der Waals surface area contributed by atoms with Gasteiger partial charge in [-0.15, -0.1) is 11.8 Å². The highest BCUT2D eigenvalue weighted by Crippen LogP contribution is 2.37. The summed E-state index contributed by atoms with van der Waals surface area (Å²) in [6.07, 6.45) is 4.44. The molecule has 6 heteroatoms. The van der Waals surface area contributed by atoms with Crippen molar-refractivity contribution in [1.29, 1.82) is 0 Å². The van der Waals surface area contributed by atoms with Gasteiger partial charge in [0.05, 0.1) is 18.0 Å². The zero-order valence-corrected chi connectivity index (χ0v) is 16.5. The Bertz CT molecular complexity index is 880. The summed E-state index contributed by atoms with van der Waals surface area (Å²) in [6.45, 7) is 0.445. The fourth-order valence-electron chi connectivity index (χ4n) is 3.67. The maximum Gasteiger partial charge on any atom is 0.251 e. The number of nitrogens with one attached hydrogen (secondary N) is 1. The summed E-state index contributed by atoms with van der Waals surface area (Å²) < 4.78 is 0. The van der Waals surface area contributed by atoms with Crippen LogP contribution in [0.15, 0.2) is 47.4 Å². The molecule has 2 amide bonds. The summed E-state index contributed by atoms with van der Waals surface area (Å²) in [6, 6.07) is 13.4. The van der Waals surface area contributed by atoms with Crippen molar-refractivity contribution >= 4 is 40.9 Å². The average Bonchev–Trinajstić information content (AvgIpc) is 3.17. The van der Waals surface area contributed by atoms with E-state index in [-0.39, 0.29) is 17.9 Å². The maximum atomic E-state index is 12.6. The minimum absolute atomic E-state index is 0.0424. The molecule has 0 spiro atoms. The lowest BCUT2D eigenvalue weighted by atomic mass is 10.1. The van der Waals surface area contributed by atoms with E-state index in [2.05, 4.69) is 5.32 Å². The normalized spacial score (nSPS) is 17.1. The number of nitrogens with zero attached hydrogens (tertiary/aromatic N) is 1. The third-order valence-corrected chi connectivity index (χ3v) is 6.37. The van der Waals surface area contributed by atoms with E-state index < -0.39 is 0 Å². The Hall–Kier alpha value is -1.98. The van der Waals surface area contributed by atoms with E-state index in [1.807, 2.05) is 42.5 Å². The highest BCUT2D eigenvalue weighted by molar-refractivity contribution is 8.00. The van der Waals surface area contributed by atoms with Gasteiger partial charge in [-0.3, -0.25) is 9.59 Å². The maximum absolute atomic E-state index is 12.6. The molecule has 27 heavy (non-hydrogen) atoms. The summed E-state index contributed by atoms with van der Waals surface area (Å²) in [5.74, 6) is 0.387. The van der Waals surface area contributed by atoms with E-state index in [9.17, 15) is 9.59 Å². The van der Waals surface area contributed by atoms with Gasteiger partial charge in [0.15, 0.2) is 0 Å². The van der Waals surface area contributed by atoms with E-state index in [1.54, 1.807) is 4.90 Å². The Kier molecular flexibility index (Phi) is 5.41. The second-order valence-electron chi connectivity index (χ2n) is 7.04. The van der Waals surface area contributed by atoms with Crippen LogP contribution in [0.2, 0.25) is 5.02 Å². The van der Waals surface area contributed by atoms with Crippen LogP contribution in [-0.2, 0) is 11.3 Å². The van der Waals surface area contributed by atoms with E-state index in [1.165, 1.54) is 24.6 Å². The van der Waals surface area contributed by atoms with Crippen LogP contribution < -0.4 is 10.2 Å². The van der Waals surface area contributed by atoms with Gasteiger partial charge >= 0.3 is 0 Å². The fourth-order valence-corrected chi connectivity index (χ4v) is 4.80. The van der Waals surface area contributed by atoms with Crippen molar-refractivity contribution in [3.8, 4) is 0 Å². The number of fused-ring (bicyclic) bond motifs is 1. The second kappa shape index (κ2) is 7.95. The van der Waals surface area contributed by atoms with Crippen molar-refractivity contribution in [3.05, 3.63) is 58.6 Å². The third-order valence-electron chi connectivity index (χ3n) is 5.08. The molecule has 0 bridgehead atoms. The first kappa shape index (κ1) is 18.4. The van der Waals surface area contributed by atoms with Gasteiger partial charge in [0.1, 0.15) is 0 Å². The van der Waals surface area contributed by atoms with Gasteiger partial charge in [-0.2, -0.15) is 0 Å². The molecule has 1 aliphatic carbocycles. The van der Waals surface area contributed by atoms with Gasteiger partial charge < -0.3 is 10.2 Å². The first-order valence-electron chi connectivity index (χ1n) is 9.23. The molecule has 2 aromatic rings. The van der Waals surface area contributed by atoms with E-state index in [0.29, 0.717) is 22.9 Å². The Morgan fingerprint density at radius 3 is 2.78 bits per heavy atom. The van der Waals surface area contributed by atoms with Gasteiger partial charge in [0, 0.05) is 21.5 Å². The number of hydrogen-bond donors (Lipinski definition) is 1. The number of hydrogen-bond acceptors (Lipinski definition) is 3. The first-order chi connectivity index (χ1) is 13.1. The Labute approximate surface area is 168 Å². The number of anilines is 1. The van der Waals surface area contributed by atoms with Crippen molar-refractivity contribution < 1.29 is 9.59 Å². The predicted octanol–water partition coefficient (Wildman–Crippen LogP) is 4.65. The van der Waals surface area contributed by atoms with Gasteiger partial charge in [0.2, 0.25) is 5.91 Å². The van der Waals surface area contributed by atoms with Gasteiger partial charge in [0.25, 0.3) is 5.91 Å².